The molecule has 584 valence electrons. The zero-order valence-corrected chi connectivity index (χ0v) is 64.4. The number of nitrogens with one attached hydrogen (secondary N) is 4. The summed E-state index contributed by atoms with van der Waals surface area (Å²) in [5.41, 5.74) is 11.7. The topological polar surface area (TPSA) is 311 Å². The van der Waals surface area contributed by atoms with Crippen molar-refractivity contribution in [1.29, 1.82) is 0 Å². The SMILES string of the molecule is C=C(COc1c(F)cc(SCCNS(=O)(=O)c2ccccc2)cc1F)N[11CH3].C=C(N)COc1c(F)cc(SCCNS(=O)(=O)c2ccc([18F])cc2)cc1F.CC(=O)COc1c(F)cc(SCCN([11CH3])S(=O)(=O)c2ccccc2)cc1F.[11CH3]c1ccc(S(=O)(=O)NCCSc2cc(F)c(OCC(N)=O)c(F)c2)cc1. The van der Waals surface area contributed by atoms with Gasteiger partial charge in [0.05, 0.1) is 19.6 Å². The Morgan fingerprint density at radius 2 is 0.741 bits per heavy atom. The number of primary amides is 1. The number of sulfonamides is 4. The molecule has 0 aliphatic rings. The summed E-state index contributed by atoms with van der Waals surface area (Å²) in [6.45, 7) is 9.12. The lowest BCUT2D eigenvalue weighted by Gasteiger charge is -2.17. The minimum absolute atomic E-state index is 0.0128. The summed E-state index contributed by atoms with van der Waals surface area (Å²) in [5.74, 6) is -10.2. The first-order valence-electron chi connectivity index (χ1n) is 31.4. The normalized spacial score (nSPS) is 11.4. The minimum Gasteiger partial charge on any atom is -0.481 e. The molecule has 8 aromatic rings. The molecule has 0 aliphatic carbocycles. The fourth-order valence-corrected chi connectivity index (χ4v) is 16.4. The molecule has 108 heavy (non-hydrogen) atoms. The van der Waals surface area contributed by atoms with Crippen molar-refractivity contribution >= 4 is 98.8 Å². The Morgan fingerprint density at radius 1 is 0.435 bits per heavy atom. The summed E-state index contributed by atoms with van der Waals surface area (Å²) in [6.07, 6.45) is 0. The first-order valence-corrected chi connectivity index (χ1v) is 41.2. The minimum atomic E-state index is -3.79. The third-order valence-corrected chi connectivity index (χ3v) is 23.6. The summed E-state index contributed by atoms with van der Waals surface area (Å²) in [6, 6.07) is 35.4. The van der Waals surface area contributed by atoms with Gasteiger partial charge in [0, 0.05) is 94.3 Å². The van der Waals surface area contributed by atoms with E-state index in [1.807, 2.05) is 6.92 Å². The maximum absolute atomic E-state index is 14.0. The summed E-state index contributed by atoms with van der Waals surface area (Å²) < 4.78 is 250. The Bertz CT molecular complexity index is 4600. The van der Waals surface area contributed by atoms with E-state index < -0.39 is 135 Å². The molecular formula is C70H74F9N7O14S8. The predicted octanol–water partition coefficient (Wildman–Crippen LogP) is 11.7. The second-order valence-corrected chi connectivity index (χ2v) is 34.0. The maximum atomic E-state index is 14.0. The summed E-state index contributed by atoms with van der Waals surface area (Å²) in [5, 5.41) is 2.72. The van der Waals surface area contributed by atoms with E-state index in [-0.39, 0.29) is 91.8 Å². The van der Waals surface area contributed by atoms with Crippen LogP contribution in [0.25, 0.3) is 0 Å². The molecule has 1 amide bonds. The molecule has 8 aromatic carbocycles. The number of aryl methyl sites for hydroxylation is 1. The summed E-state index contributed by atoms with van der Waals surface area (Å²) in [4.78, 5) is 23.1. The van der Waals surface area contributed by atoms with Gasteiger partial charge in [0.1, 0.15) is 25.6 Å². The van der Waals surface area contributed by atoms with Crippen LogP contribution in [0.5, 0.6) is 23.0 Å². The van der Waals surface area contributed by atoms with E-state index >= 15 is 0 Å². The number of amides is 1. The second kappa shape index (κ2) is 43.7. The van der Waals surface area contributed by atoms with Gasteiger partial charge in [-0.1, -0.05) is 67.3 Å². The number of Topliss-reactive ketones (excluding diaryl/α,β-unsaturated/α-hetero) is 1. The van der Waals surface area contributed by atoms with E-state index in [9.17, 15) is 82.8 Å². The molecule has 0 saturated carbocycles. The van der Waals surface area contributed by atoms with E-state index in [0.717, 1.165) is 125 Å². The second-order valence-electron chi connectivity index (χ2n) is 22.0. The highest BCUT2D eigenvalue weighted by atomic mass is 32.2. The van der Waals surface area contributed by atoms with Crippen LogP contribution in [0.4, 0.5) is 39.5 Å². The number of ether oxygens (including phenoxy) is 4. The maximum Gasteiger partial charge on any atom is 0.255 e. The van der Waals surface area contributed by atoms with Gasteiger partial charge in [0.2, 0.25) is 40.1 Å². The molecule has 38 heteroatoms. The number of thioether (sulfide) groups is 4. The van der Waals surface area contributed by atoms with Crippen LogP contribution in [0, 0.1) is 59.3 Å². The Morgan fingerprint density at radius 3 is 1.07 bits per heavy atom. The van der Waals surface area contributed by atoms with Crippen molar-refractivity contribution in [3.63, 3.8) is 0 Å². The molecule has 0 aliphatic heterocycles. The number of ketones is 1. The van der Waals surface area contributed by atoms with Crippen LogP contribution in [-0.4, -0.2) is 139 Å². The van der Waals surface area contributed by atoms with E-state index in [2.05, 4.69) is 37.4 Å². The van der Waals surface area contributed by atoms with Crippen molar-refractivity contribution in [3.05, 3.63) is 240 Å². The lowest BCUT2D eigenvalue weighted by molar-refractivity contribution is -0.120. The number of benzene rings is 8. The molecule has 0 fully saturated rings. The highest BCUT2D eigenvalue weighted by Crippen LogP contribution is 2.33. The number of likely N-dealkylation sites (N-methyl/N-ethyl adjacent to an activating group) is 1. The van der Waals surface area contributed by atoms with Crippen molar-refractivity contribution in [3.8, 4) is 23.0 Å². The molecule has 21 nitrogen and oxygen atoms in total. The number of carbonyl (C=O) groups is 2. The van der Waals surface area contributed by atoms with E-state index in [1.165, 1.54) is 54.7 Å². The van der Waals surface area contributed by atoms with Crippen LogP contribution in [0.3, 0.4) is 0 Å². The smallest absolute Gasteiger partial charge is 0.255 e. The average molecular weight is 1660 g/mol. The van der Waals surface area contributed by atoms with Crippen molar-refractivity contribution < 1.29 is 102 Å². The lowest BCUT2D eigenvalue weighted by atomic mass is 10.0. The van der Waals surface area contributed by atoms with Gasteiger partial charge in [0.15, 0.2) is 81.9 Å². The van der Waals surface area contributed by atoms with Crippen LogP contribution in [0.2, 0.25) is 0 Å². The van der Waals surface area contributed by atoms with Crippen LogP contribution < -0.4 is 49.9 Å². The third kappa shape index (κ3) is 30.2. The first kappa shape index (κ1) is 90.2. The summed E-state index contributed by atoms with van der Waals surface area (Å²) >= 11 is 4.36. The highest BCUT2D eigenvalue weighted by Gasteiger charge is 2.23. The number of rotatable bonds is 37. The molecule has 0 aromatic heterocycles. The van der Waals surface area contributed by atoms with Crippen molar-refractivity contribution in [2.45, 2.75) is 53.0 Å². The largest absolute Gasteiger partial charge is 0.481 e. The van der Waals surface area contributed by atoms with Gasteiger partial charge in [-0.15, -0.1) is 47.0 Å². The highest BCUT2D eigenvalue weighted by molar-refractivity contribution is 8.00. The zero-order chi connectivity index (χ0) is 79.9. The number of nitrogens with two attached hydrogens (primary N) is 2. The predicted molar refractivity (Wildman–Crippen MR) is 398 cm³/mol. The number of carbonyl (C=O) groups excluding carboxylic acids is 2. The van der Waals surface area contributed by atoms with Gasteiger partial charge in [-0.2, -0.15) is 0 Å². The molecule has 0 saturated heterocycles. The molecule has 0 heterocycles. The monoisotopic (exact) mass is 1660 g/mol. The van der Waals surface area contributed by atoms with E-state index in [0.29, 0.717) is 27.0 Å². The number of hydrogen-bond donors (Lipinski definition) is 6. The van der Waals surface area contributed by atoms with Crippen molar-refractivity contribution in [1.82, 2.24) is 23.8 Å². The van der Waals surface area contributed by atoms with Crippen LogP contribution >= 0.6 is 47.0 Å². The van der Waals surface area contributed by atoms with Crippen molar-refractivity contribution in [2.24, 2.45) is 11.5 Å². The van der Waals surface area contributed by atoms with E-state index in [4.69, 9.17) is 25.7 Å². The fourth-order valence-electron chi connectivity index (χ4n) is 8.15. The van der Waals surface area contributed by atoms with Crippen molar-refractivity contribution in [2.75, 3.05) is 89.7 Å². The Labute approximate surface area is 637 Å². The van der Waals surface area contributed by atoms with Gasteiger partial charge >= 0.3 is 0 Å². The zero-order valence-electron chi connectivity index (χ0n) is 57.9. The van der Waals surface area contributed by atoms with Crippen LogP contribution in [0.1, 0.15) is 12.5 Å². The standard InChI is InChI=1S/C18H20F2N2O3S2.C18H19F2NO4S2.C17H17F3N2O3S2.C17H18F2N2O4S2/c1-13(21-2)12-25-18-16(19)10-14(11-17(18)20)26-9-8-22-27(23,24)15-6-4-3-5-7-15;1-13(22)12-25-18-16(19)10-14(11-17(18)20)26-9-8-21(2)27(23,24)15-6-4-3-5-7-15;1-11(21)10-25-17-15(19)8-13(9-16(17)20)26-7-6-22-27(23,24)14-4-2-12(18)3-5-14;1-11-2-4-13(5-3-11)27(23,24)21-6-7-26-12-8-14(18)17(15(19)9-12)25-10-16(20)22/h3-7,10-11,21-22H,1,8-9,12H2,2H3;3-7,10-11H,8-9,12H2,1-2H3;2-5,8-9,22H,1,6-7,10,21H2;2-5,8-9,21H,6-7,10H2,1H3,(H2,20,22)/i2*2-1;18-1;1-1. The fraction of sp³-hybridized carbons (Fsp3) is 0.229. The first-order chi connectivity index (χ1) is 50.9. The lowest BCUT2D eigenvalue weighted by Crippen LogP contribution is -2.29. The Balaban J connectivity index is 0.000000258. The Kier molecular flexibility index (Phi) is 36.5. The molecule has 0 radical (unpaired) electrons. The Hall–Kier alpha value is -8.41. The van der Waals surface area contributed by atoms with Gasteiger partial charge in [-0.25, -0.2) is 91.7 Å². The molecule has 8 rings (SSSR count). The van der Waals surface area contributed by atoms with Gasteiger partial charge in [-0.05, 0) is 123 Å². The molecule has 0 unspecified atom stereocenters. The van der Waals surface area contributed by atoms with Gasteiger partial charge in [-0.3, -0.25) is 9.59 Å². The van der Waals surface area contributed by atoms with Crippen LogP contribution in [0.15, 0.2) is 221 Å². The third-order valence-electron chi connectivity index (χ3n) is 13.4. The van der Waals surface area contributed by atoms with Gasteiger partial charge < -0.3 is 35.7 Å². The summed E-state index contributed by atoms with van der Waals surface area (Å²) in [7, 11) is -11.6. The quantitative estimate of drug-likeness (QED) is 0.0120. The van der Waals surface area contributed by atoms with Gasteiger partial charge in [0.25, 0.3) is 5.91 Å². The molecule has 8 N–H and O–H groups in total. The number of hydrogen-bond acceptors (Lipinski definition) is 20. The average Bonchev–Trinajstić information content (AvgIpc) is 0.916. The number of nitrogens with zero attached hydrogens (tertiary/aromatic N) is 1. The number of halogens is 9. The molecular weight excluding hydrogens is 1590 g/mol. The van der Waals surface area contributed by atoms with E-state index in [1.54, 1.807) is 55.6 Å². The molecule has 0 bridgehead atoms. The molecule has 0 spiro atoms. The molecule has 0 atom stereocenters. The van der Waals surface area contributed by atoms with Crippen LogP contribution in [-0.2, 0) is 49.7 Å².